The molecular formula is C17H15N5O2. The van der Waals surface area contributed by atoms with Gasteiger partial charge in [0.2, 0.25) is 11.7 Å². The van der Waals surface area contributed by atoms with Gasteiger partial charge in [-0.15, -0.1) is 0 Å². The molecule has 0 aliphatic carbocycles. The minimum atomic E-state index is -0.218. The largest absolute Gasteiger partial charge is 0.337 e. The molecule has 0 radical (unpaired) electrons. The molecule has 0 saturated carbocycles. The average molecular weight is 321 g/mol. The predicted octanol–water partition coefficient (Wildman–Crippen LogP) is 2.50. The number of nitrogens with zero attached hydrogens (tertiary/aromatic N) is 5. The molecule has 0 spiro atoms. The van der Waals surface area contributed by atoms with Crippen LogP contribution in [0.15, 0.2) is 53.4 Å². The van der Waals surface area contributed by atoms with Crippen molar-refractivity contribution in [3.8, 4) is 11.4 Å². The quantitative estimate of drug-likeness (QED) is 0.737. The van der Waals surface area contributed by atoms with Gasteiger partial charge in [-0.3, -0.25) is 9.78 Å². The average Bonchev–Trinajstić information content (AvgIpc) is 3.32. The number of carbonyl (C=O) groups excluding carboxylic acids is 1. The maximum atomic E-state index is 12.6. The van der Waals surface area contributed by atoms with E-state index in [-0.39, 0.29) is 11.9 Å². The predicted molar refractivity (Wildman–Crippen MR) is 84.8 cm³/mol. The third-order valence-electron chi connectivity index (χ3n) is 4.05. The highest BCUT2D eigenvalue weighted by molar-refractivity contribution is 5.92. The van der Waals surface area contributed by atoms with Crippen molar-refractivity contribution in [1.82, 2.24) is 25.0 Å². The SMILES string of the molecule is O=C(c1cnccn1)N1CCCC1c1nc(-c2ccccc2)no1. The Morgan fingerprint density at radius 2 is 2.08 bits per heavy atom. The molecule has 24 heavy (non-hydrogen) atoms. The van der Waals surface area contributed by atoms with Crippen LogP contribution in [-0.2, 0) is 0 Å². The van der Waals surface area contributed by atoms with Crippen molar-refractivity contribution in [3.63, 3.8) is 0 Å². The van der Waals surface area contributed by atoms with Crippen molar-refractivity contribution in [2.24, 2.45) is 0 Å². The minimum absolute atomic E-state index is 0.162. The third-order valence-corrected chi connectivity index (χ3v) is 4.05. The number of rotatable bonds is 3. The van der Waals surface area contributed by atoms with Gasteiger partial charge in [0.15, 0.2) is 0 Å². The molecule has 1 atom stereocenters. The molecule has 7 nitrogen and oxygen atoms in total. The molecule has 3 heterocycles. The molecule has 2 aromatic heterocycles. The number of benzene rings is 1. The second-order valence-corrected chi connectivity index (χ2v) is 5.57. The second kappa shape index (κ2) is 6.19. The number of hydrogen-bond acceptors (Lipinski definition) is 6. The van der Waals surface area contributed by atoms with Crippen molar-refractivity contribution in [1.29, 1.82) is 0 Å². The number of carbonyl (C=O) groups is 1. The van der Waals surface area contributed by atoms with Crippen LogP contribution in [-0.4, -0.2) is 37.5 Å². The summed E-state index contributed by atoms with van der Waals surface area (Å²) in [6.07, 6.45) is 6.21. The molecule has 1 amide bonds. The van der Waals surface area contributed by atoms with Crippen LogP contribution < -0.4 is 0 Å². The smallest absolute Gasteiger partial charge is 0.274 e. The molecule has 1 aliphatic heterocycles. The van der Waals surface area contributed by atoms with Gasteiger partial charge in [0, 0.05) is 24.5 Å². The zero-order chi connectivity index (χ0) is 16.4. The van der Waals surface area contributed by atoms with Gasteiger partial charge in [-0.25, -0.2) is 4.98 Å². The lowest BCUT2D eigenvalue weighted by Gasteiger charge is -2.21. The highest BCUT2D eigenvalue weighted by Gasteiger charge is 2.35. The van der Waals surface area contributed by atoms with Crippen molar-refractivity contribution < 1.29 is 9.32 Å². The van der Waals surface area contributed by atoms with Crippen LogP contribution in [0, 0.1) is 0 Å². The van der Waals surface area contributed by atoms with Gasteiger partial charge in [-0.05, 0) is 12.8 Å². The highest BCUT2D eigenvalue weighted by atomic mass is 16.5. The Hall–Kier alpha value is -3.09. The minimum Gasteiger partial charge on any atom is -0.337 e. The van der Waals surface area contributed by atoms with E-state index in [1.54, 1.807) is 11.1 Å². The van der Waals surface area contributed by atoms with Gasteiger partial charge in [-0.1, -0.05) is 35.5 Å². The first-order chi connectivity index (χ1) is 11.8. The number of likely N-dealkylation sites (tertiary alicyclic amines) is 1. The molecule has 3 aromatic rings. The Labute approximate surface area is 138 Å². The summed E-state index contributed by atoms with van der Waals surface area (Å²) in [5, 5.41) is 4.05. The van der Waals surface area contributed by atoms with E-state index in [1.165, 1.54) is 12.4 Å². The van der Waals surface area contributed by atoms with E-state index in [0.717, 1.165) is 18.4 Å². The van der Waals surface area contributed by atoms with E-state index >= 15 is 0 Å². The van der Waals surface area contributed by atoms with Gasteiger partial charge < -0.3 is 9.42 Å². The molecule has 1 aromatic carbocycles. The Balaban J connectivity index is 1.60. The van der Waals surface area contributed by atoms with E-state index in [1.807, 2.05) is 30.3 Å². The fourth-order valence-electron chi connectivity index (χ4n) is 2.90. The summed E-state index contributed by atoms with van der Waals surface area (Å²) in [4.78, 5) is 26.9. The van der Waals surface area contributed by atoms with Gasteiger partial charge >= 0.3 is 0 Å². The summed E-state index contributed by atoms with van der Waals surface area (Å²) < 4.78 is 5.43. The van der Waals surface area contributed by atoms with Crippen molar-refractivity contribution in [2.45, 2.75) is 18.9 Å². The molecule has 4 rings (SSSR count). The summed E-state index contributed by atoms with van der Waals surface area (Å²) in [6, 6.07) is 9.40. The Morgan fingerprint density at radius 1 is 1.21 bits per heavy atom. The zero-order valence-electron chi connectivity index (χ0n) is 12.9. The van der Waals surface area contributed by atoms with Crippen LogP contribution >= 0.6 is 0 Å². The fourth-order valence-corrected chi connectivity index (χ4v) is 2.90. The van der Waals surface area contributed by atoms with Gasteiger partial charge in [0.1, 0.15) is 11.7 Å². The summed E-state index contributed by atoms with van der Waals surface area (Å²) in [5.41, 5.74) is 1.21. The number of amides is 1. The molecule has 0 N–H and O–H groups in total. The van der Waals surface area contributed by atoms with E-state index in [4.69, 9.17) is 4.52 Å². The van der Waals surface area contributed by atoms with Crippen molar-refractivity contribution >= 4 is 5.91 Å². The van der Waals surface area contributed by atoms with E-state index < -0.39 is 0 Å². The first kappa shape index (κ1) is 14.5. The third kappa shape index (κ3) is 2.64. The van der Waals surface area contributed by atoms with Crippen LogP contribution in [0.5, 0.6) is 0 Å². The molecule has 1 fully saturated rings. The Kier molecular flexibility index (Phi) is 3.74. The lowest BCUT2D eigenvalue weighted by Crippen LogP contribution is -2.31. The highest BCUT2D eigenvalue weighted by Crippen LogP contribution is 2.32. The van der Waals surface area contributed by atoms with Gasteiger partial charge in [-0.2, -0.15) is 4.98 Å². The van der Waals surface area contributed by atoms with Crippen LogP contribution in [0.25, 0.3) is 11.4 Å². The summed E-state index contributed by atoms with van der Waals surface area (Å²) in [7, 11) is 0. The molecular weight excluding hydrogens is 306 g/mol. The molecule has 1 unspecified atom stereocenters. The van der Waals surface area contributed by atoms with Crippen LogP contribution in [0.3, 0.4) is 0 Å². The van der Waals surface area contributed by atoms with Gasteiger partial charge in [0.05, 0.1) is 6.20 Å². The molecule has 120 valence electrons. The summed E-state index contributed by atoms with van der Waals surface area (Å²) in [5.74, 6) is 0.832. The lowest BCUT2D eigenvalue weighted by atomic mass is 10.2. The van der Waals surface area contributed by atoms with Crippen molar-refractivity contribution in [3.05, 3.63) is 60.5 Å². The van der Waals surface area contributed by atoms with Gasteiger partial charge in [0.25, 0.3) is 5.91 Å². The van der Waals surface area contributed by atoms with Crippen LogP contribution in [0.2, 0.25) is 0 Å². The molecule has 7 heteroatoms. The number of hydrogen-bond donors (Lipinski definition) is 0. The van der Waals surface area contributed by atoms with E-state index in [0.29, 0.717) is 24.0 Å². The summed E-state index contributed by atoms with van der Waals surface area (Å²) in [6.45, 7) is 0.642. The van der Waals surface area contributed by atoms with E-state index in [2.05, 4.69) is 20.1 Å². The first-order valence-electron chi connectivity index (χ1n) is 7.79. The fraction of sp³-hybridized carbons (Fsp3) is 0.235. The zero-order valence-corrected chi connectivity index (χ0v) is 12.9. The van der Waals surface area contributed by atoms with Crippen LogP contribution in [0.1, 0.15) is 35.3 Å². The maximum Gasteiger partial charge on any atom is 0.274 e. The Morgan fingerprint density at radius 3 is 2.88 bits per heavy atom. The summed E-state index contributed by atoms with van der Waals surface area (Å²) >= 11 is 0. The second-order valence-electron chi connectivity index (χ2n) is 5.57. The van der Waals surface area contributed by atoms with E-state index in [9.17, 15) is 4.79 Å². The first-order valence-corrected chi connectivity index (χ1v) is 7.79. The molecule has 1 aliphatic rings. The van der Waals surface area contributed by atoms with Crippen molar-refractivity contribution in [2.75, 3.05) is 6.54 Å². The standard InChI is InChI=1S/C17H15N5O2/c23-17(13-11-18-8-9-19-13)22-10-4-7-14(22)16-20-15(21-24-16)12-5-2-1-3-6-12/h1-3,5-6,8-9,11,14H,4,7,10H2. The molecule has 1 saturated heterocycles. The molecule has 0 bridgehead atoms. The lowest BCUT2D eigenvalue weighted by molar-refractivity contribution is 0.0703. The monoisotopic (exact) mass is 321 g/mol. The van der Waals surface area contributed by atoms with Crippen LogP contribution in [0.4, 0.5) is 0 Å². The normalized spacial score (nSPS) is 17.2. The topological polar surface area (TPSA) is 85.0 Å². The number of aromatic nitrogens is 4. The maximum absolute atomic E-state index is 12.6. The Bertz CT molecular complexity index is 834.